The van der Waals surface area contributed by atoms with Crippen molar-refractivity contribution in [1.82, 2.24) is 10.2 Å². The zero-order valence-corrected chi connectivity index (χ0v) is 13.8. The maximum absolute atomic E-state index is 14.5. The predicted molar refractivity (Wildman–Crippen MR) is 89.4 cm³/mol. The van der Waals surface area contributed by atoms with Crippen molar-refractivity contribution in [3.63, 3.8) is 0 Å². The van der Waals surface area contributed by atoms with Gasteiger partial charge in [-0.25, -0.2) is 4.39 Å². The number of amides is 1. The summed E-state index contributed by atoms with van der Waals surface area (Å²) < 4.78 is 19.4. The van der Waals surface area contributed by atoms with Crippen molar-refractivity contribution < 1.29 is 13.9 Å². The monoisotopic (exact) mass is 320 g/mol. The Labute approximate surface area is 137 Å². The second-order valence-corrected chi connectivity index (χ2v) is 5.86. The molecule has 2 saturated heterocycles. The van der Waals surface area contributed by atoms with Crippen LogP contribution in [0.5, 0.6) is 0 Å². The molecule has 2 aliphatic rings. The lowest BCUT2D eigenvalue weighted by Crippen LogP contribution is -2.43. The van der Waals surface area contributed by atoms with Crippen LogP contribution in [0.25, 0.3) is 0 Å². The lowest BCUT2D eigenvalue weighted by molar-refractivity contribution is -0.129. The fraction of sp³-hybridized carbons (Fsp3) is 0.500. The highest BCUT2D eigenvalue weighted by molar-refractivity contribution is 5.97. The number of carbonyl (C=O) groups excluding carboxylic acids is 1. The first kappa shape index (κ1) is 17.5. The number of methoxy groups -OCH3 is 1. The van der Waals surface area contributed by atoms with E-state index >= 15 is 0 Å². The summed E-state index contributed by atoms with van der Waals surface area (Å²) in [7, 11) is 1.47. The van der Waals surface area contributed by atoms with Crippen LogP contribution in [0.15, 0.2) is 48.0 Å². The van der Waals surface area contributed by atoms with Crippen LogP contribution in [0.3, 0.4) is 0 Å². The molecule has 0 spiro atoms. The van der Waals surface area contributed by atoms with E-state index in [1.165, 1.54) is 25.3 Å². The molecule has 4 nitrogen and oxygen atoms in total. The van der Waals surface area contributed by atoms with E-state index < -0.39 is 5.83 Å². The van der Waals surface area contributed by atoms with Gasteiger partial charge in [-0.15, -0.1) is 0 Å². The SMILES string of the molecule is C=C(\C=C/C(F)=C(\C=C/C)C(=O)N1C2CCNCC1CC2)OC. The van der Waals surface area contributed by atoms with Gasteiger partial charge in [0.1, 0.15) is 11.6 Å². The molecule has 2 rings (SSSR count). The largest absolute Gasteiger partial charge is 0.497 e. The Balaban J connectivity index is 2.28. The third-order valence-corrected chi connectivity index (χ3v) is 4.39. The summed E-state index contributed by atoms with van der Waals surface area (Å²) in [4.78, 5) is 14.8. The number of nitrogens with zero attached hydrogens (tertiary/aromatic N) is 1. The van der Waals surface area contributed by atoms with E-state index in [0.29, 0.717) is 5.76 Å². The minimum Gasteiger partial charge on any atom is -0.497 e. The van der Waals surface area contributed by atoms with Crippen LogP contribution in [-0.4, -0.2) is 43.1 Å². The van der Waals surface area contributed by atoms with Crippen molar-refractivity contribution in [2.24, 2.45) is 0 Å². The maximum Gasteiger partial charge on any atom is 0.257 e. The summed E-state index contributed by atoms with van der Waals surface area (Å²) in [5, 5.41) is 3.35. The third-order valence-electron chi connectivity index (χ3n) is 4.39. The molecule has 0 aliphatic carbocycles. The summed E-state index contributed by atoms with van der Waals surface area (Å²) in [5.41, 5.74) is 0.0893. The molecule has 0 aromatic carbocycles. The Hall–Kier alpha value is -1.88. The molecule has 0 aromatic heterocycles. The molecule has 0 saturated carbocycles. The van der Waals surface area contributed by atoms with Crippen LogP contribution >= 0.6 is 0 Å². The van der Waals surface area contributed by atoms with Gasteiger partial charge in [0.25, 0.3) is 5.91 Å². The lowest BCUT2D eigenvalue weighted by Gasteiger charge is -2.28. The molecular formula is C18H25FN2O2. The number of fused-ring (bicyclic) bond motifs is 2. The van der Waals surface area contributed by atoms with Gasteiger partial charge in [0.05, 0.1) is 12.7 Å². The van der Waals surface area contributed by atoms with Gasteiger partial charge in [-0.1, -0.05) is 18.7 Å². The predicted octanol–water partition coefficient (Wildman–Crippen LogP) is 2.86. The topological polar surface area (TPSA) is 41.6 Å². The van der Waals surface area contributed by atoms with Crippen LogP contribution in [0.2, 0.25) is 0 Å². The standard InChI is InChI=1S/C18H25FN2O2/c1-4-5-16(17(19)9-6-13(2)23-3)18(22)21-14-7-8-15(21)12-20-11-10-14/h4-6,9,14-15,20H,2,7-8,10-12H2,1,3H3/b5-4-,9-6-,17-16-. The van der Waals surface area contributed by atoms with E-state index in [2.05, 4.69) is 11.9 Å². The van der Waals surface area contributed by atoms with E-state index in [1.807, 2.05) is 4.90 Å². The van der Waals surface area contributed by atoms with E-state index in [-0.39, 0.29) is 23.6 Å². The fourth-order valence-electron chi connectivity index (χ4n) is 3.20. The van der Waals surface area contributed by atoms with Crippen molar-refractivity contribution in [1.29, 1.82) is 0 Å². The average Bonchev–Trinajstić information content (AvgIpc) is 2.82. The highest BCUT2D eigenvalue weighted by atomic mass is 19.1. The van der Waals surface area contributed by atoms with Gasteiger partial charge in [-0.3, -0.25) is 4.79 Å². The molecule has 2 aliphatic heterocycles. The molecule has 2 fully saturated rings. The molecule has 2 atom stereocenters. The maximum atomic E-state index is 14.5. The molecule has 126 valence electrons. The summed E-state index contributed by atoms with van der Waals surface area (Å²) >= 11 is 0. The summed E-state index contributed by atoms with van der Waals surface area (Å²) in [6.07, 6.45) is 8.77. The Morgan fingerprint density at radius 1 is 1.26 bits per heavy atom. The molecule has 2 unspecified atom stereocenters. The molecule has 5 heteroatoms. The van der Waals surface area contributed by atoms with Crippen LogP contribution in [0, 0.1) is 0 Å². The normalized spacial score (nSPS) is 25.6. The van der Waals surface area contributed by atoms with Crippen LogP contribution in [0.4, 0.5) is 4.39 Å². The molecule has 23 heavy (non-hydrogen) atoms. The Morgan fingerprint density at radius 3 is 2.70 bits per heavy atom. The fourth-order valence-corrected chi connectivity index (χ4v) is 3.20. The molecular weight excluding hydrogens is 295 g/mol. The molecule has 1 N–H and O–H groups in total. The quantitative estimate of drug-likeness (QED) is 0.481. The number of ether oxygens (including phenoxy) is 1. The number of hydrogen-bond donors (Lipinski definition) is 1. The second-order valence-electron chi connectivity index (χ2n) is 5.86. The highest BCUT2D eigenvalue weighted by Crippen LogP contribution is 2.30. The number of allylic oxidation sites excluding steroid dienone is 4. The van der Waals surface area contributed by atoms with Gasteiger partial charge in [-0.2, -0.15) is 0 Å². The van der Waals surface area contributed by atoms with Crippen molar-refractivity contribution in [2.45, 2.75) is 38.3 Å². The van der Waals surface area contributed by atoms with E-state index in [0.717, 1.165) is 32.4 Å². The van der Waals surface area contributed by atoms with Crippen molar-refractivity contribution in [3.05, 3.63) is 48.0 Å². The lowest BCUT2D eigenvalue weighted by atomic mass is 10.1. The van der Waals surface area contributed by atoms with Crippen LogP contribution in [-0.2, 0) is 9.53 Å². The molecule has 0 radical (unpaired) electrons. The number of nitrogens with one attached hydrogen (secondary N) is 1. The van der Waals surface area contributed by atoms with E-state index in [9.17, 15) is 9.18 Å². The summed E-state index contributed by atoms with van der Waals surface area (Å²) in [6, 6.07) is 0.356. The summed E-state index contributed by atoms with van der Waals surface area (Å²) in [6.45, 7) is 7.07. The van der Waals surface area contributed by atoms with E-state index in [4.69, 9.17) is 4.74 Å². The van der Waals surface area contributed by atoms with Crippen molar-refractivity contribution in [3.8, 4) is 0 Å². The first-order valence-electron chi connectivity index (χ1n) is 8.05. The van der Waals surface area contributed by atoms with Gasteiger partial charge >= 0.3 is 0 Å². The Kier molecular flexibility index (Phi) is 6.16. The molecule has 1 amide bonds. The Morgan fingerprint density at radius 2 is 2.00 bits per heavy atom. The average molecular weight is 320 g/mol. The van der Waals surface area contributed by atoms with Gasteiger partial charge < -0.3 is 15.0 Å². The van der Waals surface area contributed by atoms with Gasteiger partial charge in [-0.05, 0) is 44.9 Å². The molecule has 0 aromatic rings. The molecule has 2 bridgehead atoms. The number of carbonyl (C=O) groups is 1. The summed E-state index contributed by atoms with van der Waals surface area (Å²) in [5.74, 6) is -0.459. The third kappa shape index (κ3) is 4.10. The van der Waals surface area contributed by atoms with Gasteiger partial charge in [0, 0.05) is 18.6 Å². The number of hydrogen-bond acceptors (Lipinski definition) is 3. The minimum atomic E-state index is -0.567. The zero-order valence-electron chi connectivity index (χ0n) is 13.8. The first-order chi connectivity index (χ1) is 11.1. The number of halogens is 1. The van der Waals surface area contributed by atoms with E-state index in [1.54, 1.807) is 13.0 Å². The number of rotatable bonds is 5. The van der Waals surface area contributed by atoms with Gasteiger partial charge in [0.2, 0.25) is 0 Å². The highest BCUT2D eigenvalue weighted by Gasteiger charge is 2.39. The second kappa shape index (κ2) is 8.11. The van der Waals surface area contributed by atoms with Crippen molar-refractivity contribution in [2.75, 3.05) is 20.2 Å². The van der Waals surface area contributed by atoms with Crippen molar-refractivity contribution >= 4 is 5.91 Å². The minimum absolute atomic E-state index is 0.0893. The van der Waals surface area contributed by atoms with Crippen LogP contribution in [0.1, 0.15) is 26.2 Å². The zero-order chi connectivity index (χ0) is 16.8. The smallest absolute Gasteiger partial charge is 0.257 e. The van der Waals surface area contributed by atoms with Gasteiger partial charge in [0.15, 0.2) is 0 Å². The van der Waals surface area contributed by atoms with Crippen LogP contribution < -0.4 is 5.32 Å². The first-order valence-corrected chi connectivity index (χ1v) is 8.05. The molecule has 2 heterocycles. The Bertz CT molecular complexity index is 537.